The molecule has 1 aromatic carbocycles. The summed E-state index contributed by atoms with van der Waals surface area (Å²) in [5.74, 6) is 0.0347. The molecule has 7 nitrogen and oxygen atoms in total. The third-order valence-corrected chi connectivity index (χ3v) is 7.56. The van der Waals surface area contributed by atoms with E-state index in [1.54, 1.807) is 0 Å². The van der Waals surface area contributed by atoms with Gasteiger partial charge in [0.05, 0.1) is 10.3 Å². The quantitative estimate of drug-likeness (QED) is 0.554. The number of nitrogens with one attached hydrogen (secondary N) is 1. The number of hydrogen-bond donors (Lipinski definition) is 2. The number of anilines is 1. The van der Waals surface area contributed by atoms with Crippen molar-refractivity contribution >= 4 is 39.2 Å². The number of nitrogens with two attached hydrogens (primary N) is 1. The average molecular weight is 427 g/mol. The fraction of sp³-hybridized carbons (Fsp3) is 0.579. The Morgan fingerprint density at radius 2 is 1.89 bits per heavy atom. The number of primary sulfonamides is 1. The Morgan fingerprint density at radius 3 is 2.50 bits per heavy atom. The van der Waals surface area contributed by atoms with Gasteiger partial charge in [-0.15, -0.1) is 11.6 Å². The number of ether oxygens (including phenoxy) is 1. The van der Waals surface area contributed by atoms with E-state index in [9.17, 15) is 18.0 Å². The minimum atomic E-state index is -3.87. The number of benzene rings is 1. The molecule has 5 rings (SSSR count). The topological polar surface area (TPSA) is 116 Å². The summed E-state index contributed by atoms with van der Waals surface area (Å²) in [4.78, 5) is 24.6. The molecular weight excluding hydrogens is 404 g/mol. The Kier molecular flexibility index (Phi) is 4.71. The van der Waals surface area contributed by atoms with Crippen LogP contribution in [0.3, 0.4) is 0 Å². The van der Waals surface area contributed by atoms with Crippen LogP contribution >= 0.6 is 11.6 Å². The van der Waals surface area contributed by atoms with E-state index in [2.05, 4.69) is 5.32 Å². The Hall–Kier alpha value is -1.64. The molecule has 4 aliphatic carbocycles. The lowest BCUT2D eigenvalue weighted by atomic mass is 9.49. The van der Waals surface area contributed by atoms with Crippen LogP contribution in [0.5, 0.6) is 0 Å². The number of carbonyl (C=O) groups excluding carboxylic acids is 2. The van der Waals surface area contributed by atoms with Crippen molar-refractivity contribution in [2.24, 2.45) is 22.4 Å². The van der Waals surface area contributed by atoms with Gasteiger partial charge in [0.2, 0.25) is 10.0 Å². The number of esters is 1. The van der Waals surface area contributed by atoms with Crippen LogP contribution in [0.4, 0.5) is 5.69 Å². The van der Waals surface area contributed by atoms with Crippen molar-refractivity contribution in [3.05, 3.63) is 24.3 Å². The molecular formula is C19H23ClN2O5S. The summed E-state index contributed by atoms with van der Waals surface area (Å²) >= 11 is 6.74. The maximum absolute atomic E-state index is 12.8. The molecule has 2 atom stereocenters. The van der Waals surface area contributed by atoms with Crippen molar-refractivity contribution in [2.75, 3.05) is 11.9 Å². The molecule has 4 aliphatic rings. The highest BCUT2D eigenvalue weighted by Crippen LogP contribution is 2.64. The zero-order valence-corrected chi connectivity index (χ0v) is 16.9. The molecule has 28 heavy (non-hydrogen) atoms. The summed E-state index contributed by atoms with van der Waals surface area (Å²) in [6.07, 6.45) is 5.24. The van der Waals surface area contributed by atoms with Gasteiger partial charge in [-0.1, -0.05) is 6.07 Å². The van der Waals surface area contributed by atoms with Crippen LogP contribution in [0.1, 0.15) is 38.5 Å². The van der Waals surface area contributed by atoms with Gasteiger partial charge < -0.3 is 10.1 Å². The van der Waals surface area contributed by atoms with Crippen LogP contribution in [0.2, 0.25) is 0 Å². The molecule has 0 spiro atoms. The fourth-order valence-electron chi connectivity index (χ4n) is 5.62. The van der Waals surface area contributed by atoms with E-state index in [1.807, 2.05) is 0 Å². The molecule has 4 saturated carbocycles. The summed E-state index contributed by atoms with van der Waals surface area (Å²) < 4.78 is 28.2. The molecule has 1 aromatic rings. The summed E-state index contributed by atoms with van der Waals surface area (Å²) in [7, 11) is -3.87. The third kappa shape index (κ3) is 3.77. The molecule has 0 radical (unpaired) electrons. The largest absolute Gasteiger partial charge is 0.455 e. The number of hydrogen-bond acceptors (Lipinski definition) is 5. The predicted octanol–water partition coefficient (Wildman–Crippen LogP) is 2.39. The van der Waals surface area contributed by atoms with Gasteiger partial charge in [0.1, 0.15) is 0 Å². The normalized spacial score (nSPS) is 33.5. The number of amides is 1. The molecule has 0 unspecified atom stereocenters. The SMILES string of the molecule is NS(=O)(=O)c1cccc(NC(=O)COC(=O)C23C[C@H]4C[C@@H](CC(Cl)(C4)C2)C3)c1. The number of carbonyl (C=O) groups is 2. The van der Waals surface area contributed by atoms with Gasteiger partial charge in [-0.3, -0.25) is 9.59 Å². The Balaban J connectivity index is 1.37. The van der Waals surface area contributed by atoms with Crippen LogP contribution in [0.25, 0.3) is 0 Å². The monoisotopic (exact) mass is 426 g/mol. The highest BCUT2D eigenvalue weighted by molar-refractivity contribution is 7.89. The second-order valence-electron chi connectivity index (χ2n) is 8.59. The zero-order chi connectivity index (χ0) is 20.2. The fourth-order valence-corrected chi connectivity index (χ4v) is 6.87. The van der Waals surface area contributed by atoms with Crippen molar-refractivity contribution in [3.8, 4) is 0 Å². The Bertz CT molecular complexity index is 918. The number of rotatable bonds is 5. The first-order chi connectivity index (χ1) is 13.1. The first-order valence-electron chi connectivity index (χ1n) is 9.36. The first kappa shape index (κ1) is 19.7. The summed E-state index contributed by atoms with van der Waals surface area (Å²) in [6, 6.07) is 5.59. The smallest absolute Gasteiger partial charge is 0.312 e. The Labute approximate surface area is 169 Å². The molecule has 3 N–H and O–H groups in total. The van der Waals surface area contributed by atoms with Crippen LogP contribution < -0.4 is 10.5 Å². The van der Waals surface area contributed by atoms with E-state index in [0.29, 0.717) is 18.3 Å². The minimum absolute atomic E-state index is 0.108. The van der Waals surface area contributed by atoms with Gasteiger partial charge in [0.25, 0.3) is 5.91 Å². The van der Waals surface area contributed by atoms with E-state index in [4.69, 9.17) is 21.5 Å². The lowest BCUT2D eigenvalue weighted by molar-refractivity contribution is -0.171. The van der Waals surface area contributed by atoms with Crippen molar-refractivity contribution in [3.63, 3.8) is 0 Å². The van der Waals surface area contributed by atoms with Gasteiger partial charge in [0.15, 0.2) is 6.61 Å². The molecule has 4 bridgehead atoms. The zero-order valence-electron chi connectivity index (χ0n) is 15.3. The van der Waals surface area contributed by atoms with E-state index < -0.39 is 28.0 Å². The maximum Gasteiger partial charge on any atom is 0.312 e. The van der Waals surface area contributed by atoms with Crippen molar-refractivity contribution in [2.45, 2.75) is 48.3 Å². The standard InChI is InChI=1S/C19H23ClN2O5S/c20-19-8-12-4-13(9-19)7-18(6-12,11-19)17(24)27-10-16(23)22-14-2-1-3-15(5-14)28(21,25)26/h1-3,5,12-13H,4,6-11H2,(H,22,23)(H2,21,25,26)/t12-,13-,18?,19?/m1/s1. The van der Waals surface area contributed by atoms with E-state index in [1.165, 1.54) is 24.3 Å². The summed E-state index contributed by atoms with van der Waals surface area (Å²) in [6.45, 7) is -0.426. The Morgan fingerprint density at radius 1 is 1.21 bits per heavy atom. The number of alkyl halides is 1. The highest BCUT2D eigenvalue weighted by Gasteiger charge is 2.60. The average Bonchev–Trinajstić information content (AvgIpc) is 2.57. The van der Waals surface area contributed by atoms with Gasteiger partial charge in [-0.2, -0.15) is 0 Å². The lowest BCUT2D eigenvalue weighted by Crippen LogP contribution is -2.56. The highest BCUT2D eigenvalue weighted by atomic mass is 35.5. The lowest BCUT2D eigenvalue weighted by Gasteiger charge is -2.58. The molecule has 0 heterocycles. The molecule has 0 saturated heterocycles. The second-order valence-corrected chi connectivity index (χ2v) is 11.0. The van der Waals surface area contributed by atoms with E-state index >= 15 is 0 Å². The van der Waals surface area contributed by atoms with Crippen LogP contribution in [0.15, 0.2) is 29.2 Å². The van der Waals surface area contributed by atoms with Crippen LogP contribution in [-0.4, -0.2) is 31.8 Å². The molecule has 0 aliphatic heterocycles. The summed E-state index contributed by atoms with van der Waals surface area (Å²) in [5, 5.41) is 7.62. The van der Waals surface area contributed by atoms with Crippen molar-refractivity contribution in [1.82, 2.24) is 0 Å². The molecule has 152 valence electrons. The van der Waals surface area contributed by atoms with Crippen molar-refractivity contribution < 1.29 is 22.7 Å². The molecule has 9 heteroatoms. The van der Waals surface area contributed by atoms with Gasteiger partial charge in [-0.25, -0.2) is 13.6 Å². The second kappa shape index (κ2) is 6.71. The van der Waals surface area contributed by atoms with Crippen LogP contribution in [0, 0.1) is 17.3 Å². The maximum atomic E-state index is 12.8. The van der Waals surface area contributed by atoms with Gasteiger partial charge in [0, 0.05) is 10.6 Å². The third-order valence-electron chi connectivity index (χ3n) is 6.20. The van der Waals surface area contributed by atoms with Gasteiger partial charge >= 0.3 is 5.97 Å². The molecule has 4 fully saturated rings. The van der Waals surface area contributed by atoms with E-state index in [-0.39, 0.29) is 21.4 Å². The first-order valence-corrected chi connectivity index (χ1v) is 11.3. The van der Waals surface area contributed by atoms with Crippen molar-refractivity contribution in [1.29, 1.82) is 0 Å². The summed E-state index contributed by atoms with van der Waals surface area (Å²) in [5.41, 5.74) is -0.304. The van der Waals surface area contributed by atoms with Gasteiger partial charge in [-0.05, 0) is 68.6 Å². The minimum Gasteiger partial charge on any atom is -0.455 e. The molecule has 0 aromatic heterocycles. The number of sulfonamides is 1. The van der Waals surface area contributed by atoms with E-state index in [0.717, 1.165) is 32.1 Å². The number of halogens is 1. The molecule has 1 amide bonds. The van der Waals surface area contributed by atoms with Crippen LogP contribution in [-0.2, 0) is 24.3 Å². The predicted molar refractivity (Wildman–Crippen MR) is 103 cm³/mol.